The van der Waals surface area contributed by atoms with Gasteiger partial charge in [0.2, 0.25) is 5.91 Å². The third-order valence-corrected chi connectivity index (χ3v) is 3.65. The van der Waals surface area contributed by atoms with Crippen molar-refractivity contribution in [2.75, 3.05) is 5.43 Å². The van der Waals surface area contributed by atoms with E-state index in [1.165, 1.54) is 36.1 Å². The molecule has 2 heterocycles. The summed E-state index contributed by atoms with van der Waals surface area (Å²) in [5.74, 6) is -0.0156. The summed E-state index contributed by atoms with van der Waals surface area (Å²) in [4.78, 5) is 35.8. The summed E-state index contributed by atoms with van der Waals surface area (Å²) in [6.45, 7) is 0. The molecule has 1 amide bonds. The minimum absolute atomic E-state index is 0.234. The fourth-order valence-corrected chi connectivity index (χ4v) is 2.31. The first-order chi connectivity index (χ1) is 9.49. The Balaban J connectivity index is 2.06. The summed E-state index contributed by atoms with van der Waals surface area (Å²) in [6.07, 6.45) is 0.240. The number of nitrogens with one attached hydrogen (secondary N) is 2. The summed E-state index contributed by atoms with van der Waals surface area (Å²) >= 11 is 1.49. The Kier molecular flexibility index (Phi) is 4.04. The molecule has 106 valence electrons. The van der Waals surface area contributed by atoms with E-state index in [0.717, 1.165) is 9.44 Å². The van der Waals surface area contributed by atoms with Crippen LogP contribution in [0.1, 0.15) is 4.88 Å². The Morgan fingerprint density at radius 2 is 2.05 bits per heavy atom. The number of rotatable bonds is 4. The molecule has 7 nitrogen and oxygen atoms in total. The van der Waals surface area contributed by atoms with E-state index in [1.54, 1.807) is 0 Å². The molecule has 2 aromatic heterocycles. The molecule has 0 aromatic carbocycles. The average Bonchev–Trinajstić information content (AvgIpc) is 2.92. The average molecular weight is 294 g/mol. The van der Waals surface area contributed by atoms with Gasteiger partial charge in [0, 0.05) is 25.0 Å². The molecular weight excluding hydrogens is 280 g/mol. The van der Waals surface area contributed by atoms with Crippen molar-refractivity contribution in [3.63, 3.8) is 0 Å². The van der Waals surface area contributed by atoms with Crippen LogP contribution in [0.3, 0.4) is 0 Å². The van der Waals surface area contributed by atoms with Crippen LogP contribution in [0.5, 0.6) is 0 Å². The molecule has 0 saturated carbocycles. The second-order valence-corrected chi connectivity index (χ2v) is 5.23. The number of carbonyl (C=O) groups is 1. The zero-order valence-electron chi connectivity index (χ0n) is 11.0. The Labute approximate surface area is 118 Å². The summed E-state index contributed by atoms with van der Waals surface area (Å²) in [6, 6.07) is 4.97. The predicted molar refractivity (Wildman–Crippen MR) is 76.7 cm³/mol. The van der Waals surface area contributed by atoms with Crippen molar-refractivity contribution in [1.82, 2.24) is 14.6 Å². The van der Waals surface area contributed by atoms with Crippen LogP contribution in [-0.4, -0.2) is 15.0 Å². The van der Waals surface area contributed by atoms with Crippen molar-refractivity contribution in [3.8, 4) is 0 Å². The van der Waals surface area contributed by atoms with Gasteiger partial charge in [-0.3, -0.25) is 29.6 Å². The first kappa shape index (κ1) is 14.1. The van der Waals surface area contributed by atoms with Gasteiger partial charge >= 0.3 is 5.69 Å². The van der Waals surface area contributed by atoms with Crippen LogP contribution in [0.15, 0.2) is 33.2 Å². The van der Waals surface area contributed by atoms with Gasteiger partial charge in [-0.2, -0.15) is 0 Å². The monoisotopic (exact) mass is 294 g/mol. The lowest BCUT2D eigenvalue weighted by molar-refractivity contribution is -0.119. The van der Waals surface area contributed by atoms with E-state index in [0.29, 0.717) is 0 Å². The first-order valence-electron chi connectivity index (χ1n) is 5.83. The molecular formula is C12H14N4O3S. The first-order valence-corrected chi connectivity index (χ1v) is 6.71. The highest BCUT2D eigenvalue weighted by Gasteiger charge is 2.07. The van der Waals surface area contributed by atoms with Gasteiger partial charge in [0.15, 0.2) is 0 Å². The summed E-state index contributed by atoms with van der Waals surface area (Å²) in [5, 5.41) is 1.89. The number of carbonyl (C=O) groups excluding carboxylic acids is 1. The van der Waals surface area contributed by atoms with Crippen LogP contribution in [0.2, 0.25) is 0 Å². The van der Waals surface area contributed by atoms with Gasteiger partial charge in [0.1, 0.15) is 5.82 Å². The maximum Gasteiger partial charge on any atom is 0.332 e. The van der Waals surface area contributed by atoms with E-state index in [-0.39, 0.29) is 18.1 Å². The van der Waals surface area contributed by atoms with Crippen molar-refractivity contribution in [2.45, 2.75) is 6.42 Å². The van der Waals surface area contributed by atoms with Crippen LogP contribution in [0.25, 0.3) is 0 Å². The molecule has 20 heavy (non-hydrogen) atoms. The van der Waals surface area contributed by atoms with Gasteiger partial charge in [-0.25, -0.2) is 4.79 Å². The third kappa shape index (κ3) is 2.97. The van der Waals surface area contributed by atoms with Crippen molar-refractivity contribution in [1.29, 1.82) is 0 Å². The largest absolute Gasteiger partial charge is 0.332 e. The highest BCUT2D eigenvalue weighted by molar-refractivity contribution is 7.10. The van der Waals surface area contributed by atoms with E-state index in [2.05, 4.69) is 10.9 Å². The number of anilines is 1. The molecule has 0 saturated heterocycles. The smallest absolute Gasteiger partial charge is 0.283 e. The van der Waals surface area contributed by atoms with Crippen LogP contribution < -0.4 is 22.1 Å². The number of amides is 1. The van der Waals surface area contributed by atoms with E-state index in [1.807, 2.05) is 17.5 Å². The lowest BCUT2D eigenvalue weighted by atomic mass is 10.3. The number of nitrogens with zero attached hydrogens (tertiary/aromatic N) is 2. The van der Waals surface area contributed by atoms with Gasteiger partial charge in [-0.1, -0.05) is 6.07 Å². The molecule has 8 heteroatoms. The van der Waals surface area contributed by atoms with Crippen molar-refractivity contribution in [3.05, 3.63) is 49.3 Å². The SMILES string of the molecule is Cn1c(NNC(=O)Cc2cccs2)cc(=O)n(C)c1=O. The summed E-state index contributed by atoms with van der Waals surface area (Å²) in [5.41, 5.74) is 4.14. The molecule has 0 fully saturated rings. The molecule has 0 radical (unpaired) electrons. The van der Waals surface area contributed by atoms with Crippen molar-refractivity contribution < 1.29 is 4.79 Å². The van der Waals surface area contributed by atoms with E-state index in [9.17, 15) is 14.4 Å². The lowest BCUT2D eigenvalue weighted by Gasteiger charge is -2.12. The van der Waals surface area contributed by atoms with Gasteiger partial charge < -0.3 is 0 Å². The molecule has 2 rings (SSSR count). The van der Waals surface area contributed by atoms with Gasteiger partial charge in [-0.15, -0.1) is 11.3 Å². The molecule has 0 bridgehead atoms. The van der Waals surface area contributed by atoms with Crippen molar-refractivity contribution in [2.24, 2.45) is 14.1 Å². The molecule has 0 unspecified atom stereocenters. The Morgan fingerprint density at radius 3 is 2.70 bits per heavy atom. The zero-order valence-corrected chi connectivity index (χ0v) is 11.9. The van der Waals surface area contributed by atoms with E-state index < -0.39 is 11.2 Å². The van der Waals surface area contributed by atoms with Crippen LogP contribution in [0.4, 0.5) is 5.82 Å². The van der Waals surface area contributed by atoms with Gasteiger partial charge in [0.05, 0.1) is 6.42 Å². The predicted octanol–water partition coefficient (Wildman–Crippen LogP) is -0.169. The maximum atomic E-state index is 11.7. The normalized spacial score (nSPS) is 10.3. The molecule has 0 atom stereocenters. The number of hydrogen-bond donors (Lipinski definition) is 2. The minimum atomic E-state index is -0.465. The second-order valence-electron chi connectivity index (χ2n) is 4.20. The minimum Gasteiger partial charge on any atom is -0.283 e. The molecule has 0 aliphatic carbocycles. The number of thiophene rings is 1. The van der Waals surface area contributed by atoms with Gasteiger partial charge in [-0.05, 0) is 11.4 Å². The van der Waals surface area contributed by atoms with Crippen LogP contribution in [-0.2, 0) is 25.3 Å². The van der Waals surface area contributed by atoms with Crippen LogP contribution >= 0.6 is 11.3 Å². The second kappa shape index (κ2) is 5.74. The Hall–Kier alpha value is -2.35. The van der Waals surface area contributed by atoms with E-state index >= 15 is 0 Å². The highest BCUT2D eigenvalue weighted by atomic mass is 32.1. The molecule has 2 aromatic rings. The quantitative estimate of drug-likeness (QED) is 0.767. The topological polar surface area (TPSA) is 85.1 Å². The molecule has 0 aliphatic heterocycles. The van der Waals surface area contributed by atoms with E-state index in [4.69, 9.17) is 0 Å². The Bertz CT molecular complexity index is 730. The van der Waals surface area contributed by atoms with Gasteiger partial charge in [0.25, 0.3) is 5.56 Å². The standard InChI is InChI=1S/C12H14N4O3S/c1-15-9(7-11(18)16(2)12(15)19)13-14-10(17)6-8-4-3-5-20-8/h3-5,7,13H,6H2,1-2H3,(H,14,17). The fourth-order valence-electron chi connectivity index (χ4n) is 1.60. The summed E-state index contributed by atoms with van der Waals surface area (Å²) in [7, 11) is 2.90. The summed E-state index contributed by atoms with van der Waals surface area (Å²) < 4.78 is 2.23. The van der Waals surface area contributed by atoms with Crippen molar-refractivity contribution >= 4 is 23.1 Å². The Morgan fingerprint density at radius 1 is 1.30 bits per heavy atom. The lowest BCUT2D eigenvalue weighted by Crippen LogP contribution is -2.40. The molecule has 0 spiro atoms. The third-order valence-electron chi connectivity index (χ3n) is 2.77. The molecule has 0 aliphatic rings. The zero-order chi connectivity index (χ0) is 14.7. The number of hydrazine groups is 1. The fraction of sp³-hybridized carbons (Fsp3) is 0.250. The number of aromatic nitrogens is 2. The maximum absolute atomic E-state index is 11.7. The molecule has 2 N–H and O–H groups in total. The van der Waals surface area contributed by atoms with Crippen LogP contribution in [0, 0.1) is 0 Å². The highest BCUT2D eigenvalue weighted by Crippen LogP contribution is 2.08. The number of hydrogen-bond acceptors (Lipinski definition) is 5.